The summed E-state index contributed by atoms with van der Waals surface area (Å²) < 4.78 is 16.0. The highest BCUT2D eigenvalue weighted by molar-refractivity contribution is 5.50. The monoisotopic (exact) mass is 264 g/mol. The van der Waals surface area contributed by atoms with E-state index in [1.54, 1.807) is 21.3 Å². The highest BCUT2D eigenvalue weighted by Gasteiger charge is 2.13. The minimum Gasteiger partial charge on any atom is -0.496 e. The fourth-order valence-electron chi connectivity index (χ4n) is 1.83. The van der Waals surface area contributed by atoms with Crippen molar-refractivity contribution in [2.45, 2.75) is 6.42 Å². The van der Waals surface area contributed by atoms with Crippen LogP contribution in [0, 0.1) is 11.3 Å². The summed E-state index contributed by atoms with van der Waals surface area (Å²) in [5, 5.41) is 8.65. The Kier molecular flexibility index (Phi) is 5.97. The van der Waals surface area contributed by atoms with Crippen LogP contribution in [-0.2, 0) is 6.42 Å². The van der Waals surface area contributed by atoms with Crippen molar-refractivity contribution in [2.24, 2.45) is 0 Å². The first-order valence-electron chi connectivity index (χ1n) is 6.00. The van der Waals surface area contributed by atoms with Crippen molar-refractivity contribution in [3.05, 3.63) is 17.7 Å². The van der Waals surface area contributed by atoms with E-state index in [-0.39, 0.29) is 0 Å². The molecular formula is C14H20N2O3. The molecule has 0 aliphatic heterocycles. The molecule has 0 saturated heterocycles. The molecule has 0 unspecified atom stereocenters. The van der Waals surface area contributed by atoms with Crippen molar-refractivity contribution in [2.75, 3.05) is 41.5 Å². The number of ether oxygens (including phenoxy) is 3. The average Bonchev–Trinajstić information content (AvgIpc) is 2.44. The molecule has 104 valence electrons. The van der Waals surface area contributed by atoms with Gasteiger partial charge in [-0.2, -0.15) is 5.26 Å². The van der Waals surface area contributed by atoms with Gasteiger partial charge in [-0.15, -0.1) is 0 Å². The van der Waals surface area contributed by atoms with Crippen LogP contribution in [0.1, 0.15) is 5.56 Å². The molecule has 1 aromatic rings. The van der Waals surface area contributed by atoms with Crippen LogP contribution in [0.25, 0.3) is 0 Å². The number of hydrogen-bond donors (Lipinski definition) is 0. The zero-order valence-electron chi connectivity index (χ0n) is 11.9. The van der Waals surface area contributed by atoms with Crippen molar-refractivity contribution in [3.8, 4) is 23.3 Å². The fraction of sp³-hybridized carbons (Fsp3) is 0.500. The normalized spacial score (nSPS) is 10.1. The maximum atomic E-state index is 8.65. The summed E-state index contributed by atoms with van der Waals surface area (Å²) in [6.45, 7) is 1.16. The highest BCUT2D eigenvalue weighted by atomic mass is 16.5. The van der Waals surface area contributed by atoms with E-state index in [0.717, 1.165) is 30.0 Å². The fourth-order valence-corrected chi connectivity index (χ4v) is 1.83. The molecule has 0 fully saturated rings. The lowest BCUT2D eigenvalue weighted by Crippen LogP contribution is -2.21. The molecule has 1 aromatic carbocycles. The number of nitrogens with zero attached hydrogens (tertiary/aromatic N) is 2. The second-order valence-corrected chi connectivity index (χ2v) is 4.16. The second kappa shape index (κ2) is 7.49. The van der Waals surface area contributed by atoms with Crippen molar-refractivity contribution in [1.82, 2.24) is 4.90 Å². The molecule has 0 spiro atoms. The van der Waals surface area contributed by atoms with E-state index in [1.165, 1.54) is 0 Å². The van der Waals surface area contributed by atoms with Crippen LogP contribution in [-0.4, -0.2) is 46.4 Å². The SMILES string of the molecule is COc1cc(OC)c(CCN(C)CC#N)c(OC)c1. The predicted octanol–water partition coefficient (Wildman–Crippen LogP) is 1.71. The number of benzene rings is 1. The quantitative estimate of drug-likeness (QED) is 0.702. The molecule has 0 aliphatic rings. The molecule has 0 aliphatic carbocycles. The minimum absolute atomic E-state index is 0.404. The number of nitriles is 1. The van der Waals surface area contributed by atoms with E-state index in [1.807, 2.05) is 24.1 Å². The van der Waals surface area contributed by atoms with Crippen LogP contribution >= 0.6 is 0 Å². The van der Waals surface area contributed by atoms with Gasteiger partial charge in [-0.3, -0.25) is 4.90 Å². The Bertz CT molecular complexity index is 429. The summed E-state index contributed by atoms with van der Waals surface area (Å²) in [5.41, 5.74) is 0.982. The van der Waals surface area contributed by atoms with E-state index in [4.69, 9.17) is 19.5 Å². The van der Waals surface area contributed by atoms with Gasteiger partial charge in [0.25, 0.3) is 0 Å². The molecule has 0 saturated carbocycles. The molecule has 0 heterocycles. The van der Waals surface area contributed by atoms with Gasteiger partial charge in [0.15, 0.2) is 0 Å². The number of likely N-dealkylation sites (N-methyl/N-ethyl adjacent to an activating group) is 1. The molecule has 0 atom stereocenters. The third kappa shape index (κ3) is 4.04. The molecule has 5 nitrogen and oxygen atoms in total. The van der Waals surface area contributed by atoms with Crippen LogP contribution < -0.4 is 14.2 Å². The topological polar surface area (TPSA) is 54.7 Å². The van der Waals surface area contributed by atoms with Gasteiger partial charge < -0.3 is 14.2 Å². The Morgan fingerprint density at radius 1 is 1.11 bits per heavy atom. The number of rotatable bonds is 7. The van der Waals surface area contributed by atoms with Crippen LogP contribution in [0.3, 0.4) is 0 Å². The molecular weight excluding hydrogens is 244 g/mol. The standard InChI is InChI=1S/C14H20N2O3/c1-16(8-6-15)7-5-12-13(18-3)9-11(17-2)10-14(12)19-4/h9-10H,5,7-8H2,1-4H3. The molecule has 0 aromatic heterocycles. The predicted molar refractivity (Wildman–Crippen MR) is 72.9 cm³/mol. The lowest BCUT2D eigenvalue weighted by atomic mass is 10.1. The van der Waals surface area contributed by atoms with Gasteiger partial charge in [0.2, 0.25) is 0 Å². The van der Waals surface area contributed by atoms with E-state index < -0.39 is 0 Å². The molecule has 0 N–H and O–H groups in total. The number of methoxy groups -OCH3 is 3. The van der Waals surface area contributed by atoms with Gasteiger partial charge in [-0.05, 0) is 13.5 Å². The first-order valence-corrected chi connectivity index (χ1v) is 6.00. The van der Waals surface area contributed by atoms with Gasteiger partial charge in [0, 0.05) is 24.2 Å². The van der Waals surface area contributed by atoms with E-state index in [2.05, 4.69) is 6.07 Å². The largest absolute Gasteiger partial charge is 0.496 e. The van der Waals surface area contributed by atoms with Crippen molar-refractivity contribution in [1.29, 1.82) is 5.26 Å². The van der Waals surface area contributed by atoms with Crippen molar-refractivity contribution < 1.29 is 14.2 Å². The Hall–Kier alpha value is -1.93. The lowest BCUT2D eigenvalue weighted by Gasteiger charge is -2.17. The van der Waals surface area contributed by atoms with Gasteiger partial charge in [-0.1, -0.05) is 0 Å². The Morgan fingerprint density at radius 3 is 2.11 bits per heavy atom. The van der Waals surface area contributed by atoms with Crippen LogP contribution in [0.2, 0.25) is 0 Å². The van der Waals surface area contributed by atoms with Gasteiger partial charge in [-0.25, -0.2) is 0 Å². The minimum atomic E-state index is 0.404. The number of hydrogen-bond acceptors (Lipinski definition) is 5. The Morgan fingerprint density at radius 2 is 1.68 bits per heavy atom. The summed E-state index contributed by atoms with van der Waals surface area (Å²) in [4.78, 5) is 1.95. The van der Waals surface area contributed by atoms with Crippen molar-refractivity contribution in [3.63, 3.8) is 0 Å². The van der Waals surface area contributed by atoms with E-state index in [0.29, 0.717) is 12.3 Å². The summed E-state index contributed by atoms with van der Waals surface area (Å²) in [7, 11) is 6.76. The average molecular weight is 264 g/mol. The van der Waals surface area contributed by atoms with Gasteiger partial charge >= 0.3 is 0 Å². The molecule has 5 heteroatoms. The first-order chi connectivity index (χ1) is 9.15. The zero-order chi connectivity index (χ0) is 14.3. The van der Waals surface area contributed by atoms with Gasteiger partial charge in [0.1, 0.15) is 17.2 Å². The maximum Gasteiger partial charge on any atom is 0.129 e. The third-order valence-electron chi connectivity index (χ3n) is 2.90. The van der Waals surface area contributed by atoms with Crippen LogP contribution in [0.5, 0.6) is 17.2 Å². The molecule has 0 radical (unpaired) electrons. The third-order valence-corrected chi connectivity index (χ3v) is 2.90. The second-order valence-electron chi connectivity index (χ2n) is 4.16. The maximum absolute atomic E-state index is 8.65. The lowest BCUT2D eigenvalue weighted by molar-refractivity contribution is 0.351. The molecule has 0 bridgehead atoms. The molecule has 1 rings (SSSR count). The summed E-state index contributed by atoms with van der Waals surface area (Å²) in [6, 6.07) is 5.79. The van der Waals surface area contributed by atoms with Crippen LogP contribution in [0.15, 0.2) is 12.1 Å². The van der Waals surface area contributed by atoms with E-state index in [9.17, 15) is 0 Å². The summed E-state index contributed by atoms with van der Waals surface area (Å²) in [5.74, 6) is 2.17. The zero-order valence-corrected chi connectivity index (χ0v) is 11.9. The molecule has 19 heavy (non-hydrogen) atoms. The van der Waals surface area contributed by atoms with Crippen molar-refractivity contribution >= 4 is 0 Å². The summed E-state index contributed by atoms with van der Waals surface area (Å²) >= 11 is 0. The Balaban J connectivity index is 2.94. The first kappa shape index (κ1) is 15.1. The smallest absolute Gasteiger partial charge is 0.129 e. The van der Waals surface area contributed by atoms with E-state index >= 15 is 0 Å². The molecule has 0 amide bonds. The highest BCUT2D eigenvalue weighted by Crippen LogP contribution is 2.34. The van der Waals surface area contributed by atoms with Gasteiger partial charge in [0.05, 0.1) is 33.9 Å². The van der Waals surface area contributed by atoms with Crippen LogP contribution in [0.4, 0.5) is 0 Å². The Labute approximate surface area is 114 Å². The summed E-state index contributed by atoms with van der Waals surface area (Å²) in [6.07, 6.45) is 0.745.